The van der Waals surface area contributed by atoms with Crippen molar-refractivity contribution in [1.29, 1.82) is 0 Å². The number of aryl methyl sites for hydroxylation is 1. The molecule has 1 aliphatic heterocycles. The fourth-order valence-corrected chi connectivity index (χ4v) is 6.10. The average Bonchev–Trinajstić information content (AvgIpc) is 3.08. The Hall–Kier alpha value is -1.97. The SMILES string of the molecule is Cc1ccc(OCCN2C(=O)S/C(=C\c3cc(Br)c(OCc4ccc(Cl)cc4Cl)c(Br)c3)C2=O)cc1. The number of halogens is 4. The lowest BCUT2D eigenvalue weighted by Crippen LogP contribution is -2.32. The number of nitrogens with zero attached hydrogens (tertiary/aromatic N) is 1. The maximum atomic E-state index is 12.8. The standard InChI is InChI=1S/C26H19Br2Cl2NO4S/c1-15-2-6-19(7-3-15)34-9-8-31-25(32)23(36-26(31)33)12-16-10-20(27)24(21(28)11-16)35-14-17-4-5-18(29)13-22(17)30/h2-7,10-13H,8-9,14H2,1H3/b23-12-. The summed E-state index contributed by atoms with van der Waals surface area (Å²) in [6, 6.07) is 16.5. The van der Waals surface area contributed by atoms with Crippen LogP contribution in [0.1, 0.15) is 16.7 Å². The molecule has 0 aliphatic carbocycles. The molecule has 0 N–H and O–H groups in total. The number of carbonyl (C=O) groups is 2. The van der Waals surface area contributed by atoms with Gasteiger partial charge in [0.1, 0.15) is 24.7 Å². The molecule has 0 saturated carbocycles. The lowest BCUT2D eigenvalue weighted by molar-refractivity contribution is -0.123. The normalized spacial score (nSPS) is 14.6. The van der Waals surface area contributed by atoms with E-state index < -0.39 is 0 Å². The maximum absolute atomic E-state index is 12.8. The summed E-state index contributed by atoms with van der Waals surface area (Å²) in [5.41, 5.74) is 2.65. The number of thioether (sulfide) groups is 1. The second-order valence-electron chi connectivity index (χ2n) is 7.83. The molecule has 0 radical (unpaired) electrons. The van der Waals surface area contributed by atoms with Crippen LogP contribution in [0.15, 0.2) is 68.4 Å². The van der Waals surface area contributed by atoms with E-state index in [1.807, 2.05) is 49.4 Å². The Morgan fingerprint density at radius 1 is 0.972 bits per heavy atom. The Morgan fingerprint density at radius 2 is 1.67 bits per heavy atom. The van der Waals surface area contributed by atoms with Crippen LogP contribution in [0.2, 0.25) is 10.0 Å². The summed E-state index contributed by atoms with van der Waals surface area (Å²) in [7, 11) is 0. The zero-order chi connectivity index (χ0) is 25.8. The fourth-order valence-electron chi connectivity index (χ4n) is 3.32. The molecule has 0 aromatic heterocycles. The minimum atomic E-state index is -0.345. The van der Waals surface area contributed by atoms with Crippen molar-refractivity contribution in [3.05, 3.63) is 95.2 Å². The number of carbonyl (C=O) groups excluding carboxylic acids is 2. The molecule has 0 spiro atoms. The van der Waals surface area contributed by atoms with Gasteiger partial charge in [0.05, 0.1) is 20.4 Å². The molecule has 0 atom stereocenters. The first-order valence-electron chi connectivity index (χ1n) is 10.7. The number of amides is 2. The monoisotopic (exact) mass is 669 g/mol. The highest BCUT2D eigenvalue weighted by atomic mass is 79.9. The van der Waals surface area contributed by atoms with E-state index in [1.165, 1.54) is 4.90 Å². The summed E-state index contributed by atoms with van der Waals surface area (Å²) in [5, 5.41) is 0.752. The van der Waals surface area contributed by atoms with Crippen molar-refractivity contribution < 1.29 is 19.1 Å². The highest BCUT2D eigenvalue weighted by Gasteiger charge is 2.34. The van der Waals surface area contributed by atoms with Gasteiger partial charge in [-0.25, -0.2) is 0 Å². The fraction of sp³-hybridized carbons (Fsp3) is 0.154. The van der Waals surface area contributed by atoms with Gasteiger partial charge in [0.15, 0.2) is 0 Å². The predicted octanol–water partition coefficient (Wildman–Crippen LogP) is 8.52. The molecule has 0 bridgehead atoms. The maximum Gasteiger partial charge on any atom is 0.293 e. The molecular weight excluding hydrogens is 653 g/mol. The second-order valence-corrected chi connectivity index (χ2v) is 11.4. The lowest BCUT2D eigenvalue weighted by atomic mass is 10.2. The highest BCUT2D eigenvalue weighted by Crippen LogP contribution is 2.38. The van der Waals surface area contributed by atoms with E-state index in [1.54, 1.807) is 18.2 Å². The van der Waals surface area contributed by atoms with Crippen LogP contribution >= 0.6 is 66.8 Å². The van der Waals surface area contributed by atoms with Gasteiger partial charge in [-0.15, -0.1) is 0 Å². The van der Waals surface area contributed by atoms with Crippen molar-refractivity contribution in [2.75, 3.05) is 13.2 Å². The number of rotatable bonds is 8. The Morgan fingerprint density at radius 3 is 2.33 bits per heavy atom. The van der Waals surface area contributed by atoms with Crippen LogP contribution in [0, 0.1) is 6.92 Å². The van der Waals surface area contributed by atoms with E-state index in [9.17, 15) is 9.59 Å². The summed E-state index contributed by atoms with van der Waals surface area (Å²) in [6.45, 7) is 2.63. The smallest absolute Gasteiger partial charge is 0.293 e. The molecule has 186 valence electrons. The average molecular weight is 672 g/mol. The Kier molecular flexibility index (Phi) is 9.06. The molecule has 1 heterocycles. The van der Waals surface area contributed by atoms with Crippen molar-refractivity contribution in [2.24, 2.45) is 0 Å². The van der Waals surface area contributed by atoms with Gasteiger partial charge in [-0.3, -0.25) is 14.5 Å². The van der Waals surface area contributed by atoms with E-state index >= 15 is 0 Å². The first kappa shape index (κ1) is 27.1. The summed E-state index contributed by atoms with van der Waals surface area (Å²) in [6.07, 6.45) is 1.68. The van der Waals surface area contributed by atoms with Gasteiger partial charge in [0.2, 0.25) is 0 Å². The van der Waals surface area contributed by atoms with Gasteiger partial charge in [-0.2, -0.15) is 0 Å². The molecule has 1 fully saturated rings. The topological polar surface area (TPSA) is 55.8 Å². The Labute approximate surface area is 240 Å². The third kappa shape index (κ3) is 6.66. The van der Waals surface area contributed by atoms with E-state index in [2.05, 4.69) is 31.9 Å². The number of hydrogen-bond acceptors (Lipinski definition) is 5. The van der Waals surface area contributed by atoms with Crippen molar-refractivity contribution >= 4 is 84.0 Å². The first-order valence-corrected chi connectivity index (χ1v) is 13.9. The van der Waals surface area contributed by atoms with Crippen LogP contribution in [0.4, 0.5) is 4.79 Å². The minimum absolute atomic E-state index is 0.170. The molecule has 1 saturated heterocycles. The Bertz CT molecular complexity index is 1330. The van der Waals surface area contributed by atoms with E-state index in [0.717, 1.165) is 28.5 Å². The molecule has 4 rings (SSSR count). The third-order valence-electron chi connectivity index (χ3n) is 5.18. The summed E-state index contributed by atoms with van der Waals surface area (Å²) >= 11 is 20.1. The number of imide groups is 1. The van der Waals surface area contributed by atoms with Crippen molar-refractivity contribution in [3.63, 3.8) is 0 Å². The van der Waals surface area contributed by atoms with Crippen LogP contribution < -0.4 is 9.47 Å². The molecule has 3 aromatic carbocycles. The third-order valence-corrected chi connectivity index (χ3v) is 7.86. The highest BCUT2D eigenvalue weighted by molar-refractivity contribution is 9.11. The van der Waals surface area contributed by atoms with Crippen LogP contribution in [0.25, 0.3) is 6.08 Å². The molecule has 36 heavy (non-hydrogen) atoms. The molecule has 10 heteroatoms. The quantitative estimate of drug-likeness (QED) is 0.225. The van der Waals surface area contributed by atoms with Crippen LogP contribution in [0.5, 0.6) is 11.5 Å². The first-order chi connectivity index (χ1) is 17.2. The molecular formula is C26H19Br2Cl2NO4S. The van der Waals surface area contributed by atoms with Crippen molar-refractivity contribution in [3.8, 4) is 11.5 Å². The summed E-state index contributed by atoms with van der Waals surface area (Å²) in [4.78, 5) is 26.8. The Balaban J connectivity index is 1.41. The summed E-state index contributed by atoms with van der Waals surface area (Å²) < 4.78 is 13.0. The lowest BCUT2D eigenvalue weighted by Gasteiger charge is -2.13. The van der Waals surface area contributed by atoms with Crippen LogP contribution in [-0.2, 0) is 11.4 Å². The molecule has 5 nitrogen and oxygen atoms in total. The number of ether oxygens (including phenoxy) is 2. The largest absolute Gasteiger partial charge is 0.492 e. The second kappa shape index (κ2) is 12.0. The van der Waals surface area contributed by atoms with Crippen molar-refractivity contribution in [2.45, 2.75) is 13.5 Å². The zero-order valence-corrected chi connectivity index (χ0v) is 24.4. The van der Waals surface area contributed by atoms with Crippen LogP contribution in [0.3, 0.4) is 0 Å². The molecule has 2 amide bonds. The molecule has 3 aromatic rings. The predicted molar refractivity (Wildman–Crippen MR) is 152 cm³/mol. The van der Waals surface area contributed by atoms with E-state index in [4.69, 9.17) is 32.7 Å². The molecule has 0 unspecified atom stereocenters. The zero-order valence-electron chi connectivity index (χ0n) is 18.9. The van der Waals surface area contributed by atoms with Gasteiger partial charge in [-0.1, -0.05) is 47.0 Å². The number of benzene rings is 3. The van der Waals surface area contributed by atoms with Gasteiger partial charge >= 0.3 is 0 Å². The molecule has 1 aliphatic rings. The van der Waals surface area contributed by atoms with Crippen molar-refractivity contribution in [1.82, 2.24) is 4.90 Å². The summed E-state index contributed by atoms with van der Waals surface area (Å²) in [5.74, 6) is 0.931. The van der Waals surface area contributed by atoms with Crippen LogP contribution in [-0.4, -0.2) is 29.2 Å². The van der Waals surface area contributed by atoms with E-state index in [-0.39, 0.29) is 30.9 Å². The van der Waals surface area contributed by atoms with Gasteiger partial charge in [0.25, 0.3) is 11.1 Å². The van der Waals surface area contributed by atoms with E-state index in [0.29, 0.717) is 35.4 Å². The minimum Gasteiger partial charge on any atom is -0.492 e. The number of hydrogen-bond donors (Lipinski definition) is 0. The van der Waals surface area contributed by atoms with Gasteiger partial charge < -0.3 is 9.47 Å². The van der Waals surface area contributed by atoms with Gasteiger partial charge in [-0.05, 0) is 98.6 Å². The van der Waals surface area contributed by atoms with Gasteiger partial charge in [0, 0.05) is 15.6 Å².